The van der Waals surface area contributed by atoms with Crippen LogP contribution >= 0.6 is 11.8 Å². The molecule has 3 amide bonds. The first-order chi connectivity index (χ1) is 17.4. The highest BCUT2D eigenvalue weighted by molar-refractivity contribution is 8.18. The largest absolute Gasteiger partial charge is 0.492 e. The highest BCUT2D eigenvalue weighted by Gasteiger charge is 2.35. The van der Waals surface area contributed by atoms with Gasteiger partial charge in [-0.1, -0.05) is 54.1 Å². The van der Waals surface area contributed by atoms with Crippen LogP contribution in [0, 0.1) is 13.8 Å². The molecule has 184 valence electrons. The van der Waals surface area contributed by atoms with Crippen molar-refractivity contribution >= 4 is 40.6 Å². The molecular formula is C28H26N2O5S. The summed E-state index contributed by atoms with van der Waals surface area (Å²) in [6.07, 6.45) is 1.61. The van der Waals surface area contributed by atoms with E-state index in [0.29, 0.717) is 17.1 Å². The Morgan fingerprint density at radius 3 is 2.50 bits per heavy atom. The highest BCUT2D eigenvalue weighted by Crippen LogP contribution is 2.34. The number of benzene rings is 3. The number of aryl methyl sites for hydroxylation is 2. The predicted molar refractivity (Wildman–Crippen MR) is 141 cm³/mol. The van der Waals surface area contributed by atoms with Crippen molar-refractivity contribution in [2.75, 3.05) is 25.1 Å². The SMILES string of the molecule is Cc1ccc(NC(=O)COc2ccccc2/C=C2\SC(=O)N(CCOc3ccccc3)C2=O)c(C)c1. The van der Waals surface area contributed by atoms with Crippen LogP contribution in [0.1, 0.15) is 16.7 Å². The second-order valence-electron chi connectivity index (χ2n) is 8.19. The number of carbonyl (C=O) groups is 3. The molecule has 0 unspecified atom stereocenters. The van der Waals surface area contributed by atoms with Gasteiger partial charge in [0.25, 0.3) is 17.1 Å². The van der Waals surface area contributed by atoms with E-state index in [0.717, 1.165) is 28.6 Å². The number of para-hydroxylation sites is 2. The fourth-order valence-corrected chi connectivity index (χ4v) is 4.48. The summed E-state index contributed by atoms with van der Waals surface area (Å²) in [4.78, 5) is 39.2. The maximum Gasteiger partial charge on any atom is 0.293 e. The summed E-state index contributed by atoms with van der Waals surface area (Å²) in [5, 5.41) is 2.50. The Labute approximate surface area is 214 Å². The molecule has 1 heterocycles. The average molecular weight is 503 g/mol. The van der Waals surface area contributed by atoms with Crippen molar-refractivity contribution in [3.05, 3.63) is 94.4 Å². The summed E-state index contributed by atoms with van der Waals surface area (Å²) in [6.45, 7) is 4.07. The van der Waals surface area contributed by atoms with Gasteiger partial charge in [0.15, 0.2) is 6.61 Å². The minimum absolute atomic E-state index is 0.146. The lowest BCUT2D eigenvalue weighted by Crippen LogP contribution is -2.32. The number of ether oxygens (including phenoxy) is 2. The van der Waals surface area contributed by atoms with E-state index in [1.165, 1.54) is 4.90 Å². The van der Waals surface area contributed by atoms with Crippen molar-refractivity contribution in [2.45, 2.75) is 13.8 Å². The lowest BCUT2D eigenvalue weighted by atomic mass is 10.1. The smallest absolute Gasteiger partial charge is 0.293 e. The van der Waals surface area contributed by atoms with Gasteiger partial charge in [0.2, 0.25) is 0 Å². The van der Waals surface area contributed by atoms with Gasteiger partial charge in [-0.3, -0.25) is 19.3 Å². The van der Waals surface area contributed by atoms with Crippen LogP contribution in [0.4, 0.5) is 10.5 Å². The van der Waals surface area contributed by atoms with Crippen LogP contribution in [0.3, 0.4) is 0 Å². The summed E-state index contributed by atoms with van der Waals surface area (Å²) in [5.74, 6) is 0.430. The van der Waals surface area contributed by atoms with Gasteiger partial charge >= 0.3 is 0 Å². The molecule has 4 rings (SSSR count). The molecule has 1 aliphatic heterocycles. The molecule has 0 radical (unpaired) electrons. The van der Waals surface area contributed by atoms with Gasteiger partial charge in [0.05, 0.1) is 11.4 Å². The number of rotatable bonds is 9. The molecule has 0 saturated carbocycles. The Morgan fingerprint density at radius 1 is 0.972 bits per heavy atom. The van der Waals surface area contributed by atoms with Crippen LogP contribution in [0.15, 0.2) is 77.7 Å². The van der Waals surface area contributed by atoms with E-state index in [2.05, 4.69) is 5.32 Å². The maximum atomic E-state index is 12.9. The zero-order valence-electron chi connectivity index (χ0n) is 20.0. The third-order valence-electron chi connectivity index (χ3n) is 5.42. The molecule has 3 aromatic rings. The molecule has 36 heavy (non-hydrogen) atoms. The van der Waals surface area contributed by atoms with Gasteiger partial charge in [-0.25, -0.2) is 0 Å². The van der Waals surface area contributed by atoms with Crippen LogP contribution in [-0.4, -0.2) is 41.7 Å². The number of amides is 3. The summed E-state index contributed by atoms with van der Waals surface area (Å²) in [7, 11) is 0. The molecule has 0 spiro atoms. The molecule has 1 saturated heterocycles. The lowest BCUT2D eigenvalue weighted by Gasteiger charge is -2.13. The van der Waals surface area contributed by atoms with Gasteiger partial charge in [0, 0.05) is 11.3 Å². The van der Waals surface area contributed by atoms with E-state index in [-0.39, 0.29) is 41.7 Å². The first-order valence-electron chi connectivity index (χ1n) is 11.4. The minimum atomic E-state index is -0.385. The third kappa shape index (κ3) is 6.34. The number of hydrogen-bond donors (Lipinski definition) is 1. The summed E-state index contributed by atoms with van der Waals surface area (Å²) in [5.41, 5.74) is 3.41. The van der Waals surface area contributed by atoms with Crippen LogP contribution in [0.5, 0.6) is 11.5 Å². The van der Waals surface area contributed by atoms with Gasteiger partial charge in [0.1, 0.15) is 18.1 Å². The van der Waals surface area contributed by atoms with E-state index < -0.39 is 0 Å². The Bertz CT molecular complexity index is 1310. The monoisotopic (exact) mass is 502 g/mol. The molecule has 0 aliphatic carbocycles. The van der Waals surface area contributed by atoms with Crippen LogP contribution in [0.25, 0.3) is 6.08 Å². The van der Waals surface area contributed by atoms with Crippen molar-refractivity contribution in [3.63, 3.8) is 0 Å². The molecule has 3 aromatic carbocycles. The number of nitrogens with zero attached hydrogens (tertiary/aromatic N) is 1. The van der Waals surface area contributed by atoms with Gasteiger partial charge in [-0.05, 0) is 61.5 Å². The van der Waals surface area contributed by atoms with Crippen molar-refractivity contribution in [3.8, 4) is 11.5 Å². The fourth-order valence-electron chi connectivity index (χ4n) is 3.62. The Morgan fingerprint density at radius 2 is 1.72 bits per heavy atom. The van der Waals surface area contributed by atoms with Gasteiger partial charge in [-0.2, -0.15) is 0 Å². The topological polar surface area (TPSA) is 84.9 Å². The normalized spacial score (nSPS) is 14.3. The molecule has 1 N–H and O–H groups in total. The molecule has 0 bridgehead atoms. The summed E-state index contributed by atoms with van der Waals surface area (Å²) < 4.78 is 11.4. The van der Waals surface area contributed by atoms with Crippen LogP contribution < -0.4 is 14.8 Å². The van der Waals surface area contributed by atoms with E-state index in [1.54, 1.807) is 30.3 Å². The standard InChI is InChI=1S/C28H26N2O5S/c1-19-12-13-23(20(2)16-19)29-26(31)18-35-24-11-7-6-8-21(24)17-25-27(32)30(28(33)36-25)14-15-34-22-9-4-3-5-10-22/h3-13,16-17H,14-15,18H2,1-2H3,(H,29,31)/b25-17-. The molecule has 7 nitrogen and oxygen atoms in total. The lowest BCUT2D eigenvalue weighted by molar-refractivity contribution is -0.123. The zero-order chi connectivity index (χ0) is 25.5. The Balaban J connectivity index is 1.37. The first-order valence-corrected chi connectivity index (χ1v) is 12.2. The molecule has 1 aliphatic rings. The number of thioether (sulfide) groups is 1. The molecule has 0 atom stereocenters. The molecule has 8 heteroatoms. The number of imide groups is 1. The molecule has 1 fully saturated rings. The Kier molecular flexibility index (Phi) is 8.07. The Hall–Kier alpha value is -4.04. The van der Waals surface area contributed by atoms with Crippen molar-refractivity contribution in [1.29, 1.82) is 0 Å². The fraction of sp³-hybridized carbons (Fsp3) is 0.179. The number of hydrogen-bond acceptors (Lipinski definition) is 6. The highest BCUT2D eigenvalue weighted by atomic mass is 32.2. The third-order valence-corrected chi connectivity index (χ3v) is 6.33. The summed E-state index contributed by atoms with van der Waals surface area (Å²) in [6, 6.07) is 22.1. The van der Waals surface area contributed by atoms with E-state index in [4.69, 9.17) is 9.47 Å². The second kappa shape index (κ2) is 11.6. The van der Waals surface area contributed by atoms with E-state index in [9.17, 15) is 14.4 Å². The summed E-state index contributed by atoms with van der Waals surface area (Å²) >= 11 is 0.869. The van der Waals surface area contributed by atoms with E-state index >= 15 is 0 Å². The minimum Gasteiger partial charge on any atom is -0.492 e. The average Bonchev–Trinajstić information content (AvgIpc) is 3.13. The van der Waals surface area contributed by atoms with Gasteiger partial charge in [-0.15, -0.1) is 0 Å². The first kappa shape index (κ1) is 25.1. The predicted octanol–water partition coefficient (Wildman–Crippen LogP) is 5.44. The zero-order valence-corrected chi connectivity index (χ0v) is 20.8. The number of carbonyl (C=O) groups excluding carboxylic acids is 3. The second-order valence-corrected chi connectivity index (χ2v) is 9.18. The van der Waals surface area contributed by atoms with Crippen molar-refractivity contribution in [1.82, 2.24) is 4.90 Å². The van der Waals surface area contributed by atoms with Crippen LogP contribution in [0.2, 0.25) is 0 Å². The maximum absolute atomic E-state index is 12.9. The molecular weight excluding hydrogens is 476 g/mol. The van der Waals surface area contributed by atoms with Crippen LogP contribution in [-0.2, 0) is 9.59 Å². The molecule has 0 aromatic heterocycles. The van der Waals surface area contributed by atoms with Gasteiger partial charge < -0.3 is 14.8 Å². The number of anilines is 1. The van der Waals surface area contributed by atoms with E-state index in [1.807, 2.05) is 62.4 Å². The number of nitrogens with one attached hydrogen (secondary N) is 1. The quantitative estimate of drug-likeness (QED) is 0.393. The van der Waals surface area contributed by atoms with Crippen molar-refractivity contribution < 1.29 is 23.9 Å². The van der Waals surface area contributed by atoms with Crippen molar-refractivity contribution in [2.24, 2.45) is 0 Å².